The van der Waals surface area contributed by atoms with Gasteiger partial charge in [0, 0.05) is 23.8 Å². The number of rotatable bonds is 3. The average Bonchev–Trinajstić information content (AvgIpc) is 3.24. The molecular weight excluding hydrogens is 403 g/mol. The largest absolute Gasteiger partial charge is 0.401 e. The van der Waals surface area contributed by atoms with Crippen molar-refractivity contribution in [1.82, 2.24) is 25.4 Å². The summed E-state index contributed by atoms with van der Waals surface area (Å²) in [4.78, 5) is 6.25. The normalized spacial score (nSPS) is 23.2. The third-order valence-electron chi connectivity index (χ3n) is 6.72. The summed E-state index contributed by atoms with van der Waals surface area (Å²) < 4.78 is 40.5. The Morgan fingerprint density at radius 3 is 2.65 bits per heavy atom. The number of pyridine rings is 1. The number of nitrogens with zero attached hydrogens (tertiary/aromatic N) is 3. The fourth-order valence-corrected chi connectivity index (χ4v) is 5.18. The second-order valence-electron chi connectivity index (χ2n) is 8.74. The molecule has 5 nitrogen and oxygen atoms in total. The lowest BCUT2D eigenvalue weighted by atomic mass is 9.84. The first-order chi connectivity index (χ1) is 14.9. The minimum absolute atomic E-state index is 0.273. The van der Waals surface area contributed by atoms with Crippen LogP contribution < -0.4 is 5.32 Å². The monoisotopic (exact) mass is 429 g/mol. The van der Waals surface area contributed by atoms with Gasteiger partial charge in [0.1, 0.15) is 0 Å². The Morgan fingerprint density at radius 2 is 1.94 bits per heavy atom. The van der Waals surface area contributed by atoms with Gasteiger partial charge in [0.05, 0.1) is 23.8 Å². The zero-order valence-electron chi connectivity index (χ0n) is 17.4. The van der Waals surface area contributed by atoms with Crippen molar-refractivity contribution in [2.75, 3.05) is 19.6 Å². The molecule has 2 atom stereocenters. The van der Waals surface area contributed by atoms with E-state index in [1.54, 1.807) is 4.90 Å². The number of aromatic nitrogens is 3. The minimum Gasteiger partial charge on any atom is -0.317 e. The average molecular weight is 429 g/mol. The number of hydrogen-bond acceptors (Lipinski definition) is 4. The standard InChI is InChI=1S/C23H26F3N5/c1-14-10-18-17(3-5-20-19(18)12-29-30-20)22(31(14)13-23(24,25)26)21-4-2-16(11-28-21)15-6-8-27-9-7-15/h2-5,11-12,14-15,22,27H,6-10,13H2,1H3,(H,29,30)/t14-,22+/m1/s1. The number of halogens is 3. The van der Waals surface area contributed by atoms with Gasteiger partial charge in [-0.3, -0.25) is 15.0 Å². The van der Waals surface area contributed by atoms with Gasteiger partial charge in [0.25, 0.3) is 0 Å². The van der Waals surface area contributed by atoms with Gasteiger partial charge in [0.15, 0.2) is 0 Å². The molecule has 164 valence electrons. The van der Waals surface area contributed by atoms with E-state index in [0.717, 1.165) is 48.0 Å². The molecule has 5 rings (SSSR count). The molecule has 31 heavy (non-hydrogen) atoms. The molecule has 2 aromatic heterocycles. The van der Waals surface area contributed by atoms with Gasteiger partial charge < -0.3 is 5.32 Å². The van der Waals surface area contributed by atoms with Crippen LogP contribution in [0.25, 0.3) is 10.9 Å². The lowest BCUT2D eigenvalue weighted by Crippen LogP contribution is -2.47. The van der Waals surface area contributed by atoms with Gasteiger partial charge in [-0.2, -0.15) is 18.3 Å². The highest BCUT2D eigenvalue weighted by Crippen LogP contribution is 2.41. The minimum atomic E-state index is -4.28. The maximum absolute atomic E-state index is 13.5. The highest BCUT2D eigenvalue weighted by atomic mass is 19.4. The van der Waals surface area contributed by atoms with Crippen LogP contribution in [0.4, 0.5) is 13.2 Å². The predicted octanol–water partition coefficient (Wildman–Crippen LogP) is 4.32. The topological polar surface area (TPSA) is 56.8 Å². The number of benzene rings is 1. The predicted molar refractivity (Wildman–Crippen MR) is 113 cm³/mol. The molecule has 2 N–H and O–H groups in total. The molecule has 2 aliphatic rings. The summed E-state index contributed by atoms with van der Waals surface area (Å²) in [5.74, 6) is 0.456. The number of nitrogens with one attached hydrogen (secondary N) is 2. The van der Waals surface area contributed by atoms with E-state index in [1.807, 2.05) is 37.5 Å². The van der Waals surface area contributed by atoms with E-state index in [4.69, 9.17) is 4.98 Å². The van der Waals surface area contributed by atoms with E-state index in [-0.39, 0.29) is 6.04 Å². The van der Waals surface area contributed by atoms with Gasteiger partial charge in [-0.1, -0.05) is 12.1 Å². The summed E-state index contributed by atoms with van der Waals surface area (Å²) in [5.41, 5.74) is 4.62. The Hall–Kier alpha value is -2.45. The molecule has 8 heteroatoms. The molecule has 0 amide bonds. The van der Waals surface area contributed by atoms with Crippen LogP contribution in [0.5, 0.6) is 0 Å². The lowest BCUT2D eigenvalue weighted by Gasteiger charge is -2.42. The molecular formula is C23H26F3N5. The summed E-state index contributed by atoms with van der Waals surface area (Å²) in [7, 11) is 0. The summed E-state index contributed by atoms with van der Waals surface area (Å²) in [6.45, 7) is 2.88. The van der Waals surface area contributed by atoms with Crippen molar-refractivity contribution >= 4 is 10.9 Å². The van der Waals surface area contributed by atoms with Gasteiger partial charge >= 0.3 is 6.18 Å². The van der Waals surface area contributed by atoms with E-state index < -0.39 is 18.8 Å². The van der Waals surface area contributed by atoms with Crippen molar-refractivity contribution in [1.29, 1.82) is 0 Å². The van der Waals surface area contributed by atoms with Crippen molar-refractivity contribution in [2.24, 2.45) is 0 Å². The maximum Gasteiger partial charge on any atom is 0.401 e. The van der Waals surface area contributed by atoms with Crippen LogP contribution in [0.2, 0.25) is 0 Å². The molecule has 0 radical (unpaired) electrons. The first kappa shape index (κ1) is 20.5. The van der Waals surface area contributed by atoms with Crippen molar-refractivity contribution in [3.05, 3.63) is 59.0 Å². The summed E-state index contributed by atoms with van der Waals surface area (Å²) >= 11 is 0. The number of fused-ring (bicyclic) bond motifs is 3. The van der Waals surface area contributed by atoms with Crippen LogP contribution in [0, 0.1) is 0 Å². The molecule has 0 bridgehead atoms. The highest BCUT2D eigenvalue weighted by molar-refractivity contribution is 5.83. The van der Waals surface area contributed by atoms with E-state index in [0.29, 0.717) is 18.0 Å². The molecule has 0 saturated carbocycles. The van der Waals surface area contributed by atoms with E-state index in [9.17, 15) is 13.2 Å². The van der Waals surface area contributed by atoms with Gasteiger partial charge in [-0.05, 0) is 74.0 Å². The molecule has 3 aromatic rings. The summed E-state index contributed by atoms with van der Waals surface area (Å²) in [6, 6.07) is 6.96. The van der Waals surface area contributed by atoms with Crippen LogP contribution >= 0.6 is 0 Å². The first-order valence-electron chi connectivity index (χ1n) is 10.8. The molecule has 4 heterocycles. The number of piperidine rings is 1. The van der Waals surface area contributed by atoms with Crippen LogP contribution in [0.1, 0.15) is 54.1 Å². The van der Waals surface area contributed by atoms with Gasteiger partial charge in [-0.25, -0.2) is 0 Å². The number of aromatic amines is 1. The number of alkyl halides is 3. The Kier molecular flexibility index (Phi) is 5.22. The molecule has 0 aliphatic carbocycles. The van der Waals surface area contributed by atoms with Crippen LogP contribution in [0.15, 0.2) is 36.7 Å². The van der Waals surface area contributed by atoms with E-state index in [2.05, 4.69) is 21.6 Å². The molecule has 0 spiro atoms. The SMILES string of the molecule is C[C@@H]1Cc2c(ccc3n[nH]cc23)[C@@H](c2ccc(C3CCNCC3)cn2)N1CC(F)(F)F. The van der Waals surface area contributed by atoms with Crippen molar-refractivity contribution in [2.45, 2.75) is 50.4 Å². The number of hydrogen-bond donors (Lipinski definition) is 2. The quantitative estimate of drug-likeness (QED) is 0.651. The molecule has 1 fully saturated rings. The van der Waals surface area contributed by atoms with Gasteiger partial charge in [0.2, 0.25) is 0 Å². The molecule has 1 aromatic carbocycles. The smallest absolute Gasteiger partial charge is 0.317 e. The van der Waals surface area contributed by atoms with Crippen LogP contribution in [0.3, 0.4) is 0 Å². The second kappa shape index (κ2) is 7.91. The van der Waals surface area contributed by atoms with Gasteiger partial charge in [-0.15, -0.1) is 0 Å². The zero-order chi connectivity index (χ0) is 21.6. The van der Waals surface area contributed by atoms with Crippen molar-refractivity contribution in [3.63, 3.8) is 0 Å². The molecule has 0 unspecified atom stereocenters. The Labute approximate surface area is 179 Å². The first-order valence-corrected chi connectivity index (χ1v) is 10.8. The van der Waals surface area contributed by atoms with E-state index >= 15 is 0 Å². The van der Waals surface area contributed by atoms with Crippen LogP contribution in [-0.2, 0) is 6.42 Å². The number of H-pyrrole nitrogens is 1. The Balaban J connectivity index is 1.57. The fraction of sp³-hybridized carbons (Fsp3) is 0.478. The van der Waals surface area contributed by atoms with Crippen molar-refractivity contribution < 1.29 is 13.2 Å². The fourth-order valence-electron chi connectivity index (χ4n) is 5.18. The zero-order valence-corrected chi connectivity index (χ0v) is 17.4. The summed E-state index contributed by atoms with van der Waals surface area (Å²) in [6.07, 6.45) is 2.09. The highest BCUT2D eigenvalue weighted by Gasteiger charge is 2.41. The van der Waals surface area contributed by atoms with Crippen molar-refractivity contribution in [3.8, 4) is 0 Å². The third-order valence-corrected chi connectivity index (χ3v) is 6.72. The second-order valence-corrected chi connectivity index (χ2v) is 8.74. The third kappa shape index (κ3) is 3.94. The Bertz CT molecular complexity index is 1050. The summed E-state index contributed by atoms with van der Waals surface area (Å²) in [5, 5.41) is 11.5. The Morgan fingerprint density at radius 1 is 1.13 bits per heavy atom. The van der Waals surface area contributed by atoms with E-state index in [1.165, 1.54) is 5.56 Å². The molecule has 2 aliphatic heterocycles. The van der Waals surface area contributed by atoms with Crippen LogP contribution in [-0.4, -0.2) is 51.9 Å². The maximum atomic E-state index is 13.5. The molecule has 1 saturated heterocycles. The lowest BCUT2D eigenvalue weighted by molar-refractivity contribution is -0.155.